The van der Waals surface area contributed by atoms with Gasteiger partial charge >= 0.3 is 5.97 Å². The summed E-state index contributed by atoms with van der Waals surface area (Å²) in [6, 6.07) is 15.5. The predicted molar refractivity (Wildman–Crippen MR) is 115 cm³/mol. The van der Waals surface area contributed by atoms with Gasteiger partial charge in [0.2, 0.25) is 5.91 Å². The number of carboxylic acid groups (broad SMARTS) is 1. The highest BCUT2D eigenvalue weighted by molar-refractivity contribution is 9.10. The summed E-state index contributed by atoms with van der Waals surface area (Å²) in [6.07, 6.45) is 2.22. The fraction of sp³-hybridized carbons (Fsp3) is 0.391. The van der Waals surface area contributed by atoms with Gasteiger partial charge < -0.3 is 10.4 Å². The fourth-order valence-corrected chi connectivity index (χ4v) is 4.37. The monoisotopic (exact) mass is 443 g/mol. The van der Waals surface area contributed by atoms with E-state index in [2.05, 4.69) is 35.1 Å². The molecule has 1 aliphatic rings. The Bertz CT molecular complexity index is 830. The molecule has 1 saturated carbocycles. The molecule has 1 amide bonds. The first-order valence-electron chi connectivity index (χ1n) is 9.76. The van der Waals surface area contributed by atoms with Crippen molar-refractivity contribution < 1.29 is 14.7 Å². The number of hydrogen-bond acceptors (Lipinski definition) is 2. The highest BCUT2D eigenvalue weighted by Crippen LogP contribution is 2.42. The largest absolute Gasteiger partial charge is 0.481 e. The molecule has 0 aromatic heterocycles. The molecule has 3 atom stereocenters. The molecule has 2 aromatic carbocycles. The molecule has 1 fully saturated rings. The highest BCUT2D eigenvalue weighted by atomic mass is 79.9. The minimum atomic E-state index is -0.900. The Morgan fingerprint density at radius 3 is 2.25 bits per heavy atom. The van der Waals surface area contributed by atoms with Gasteiger partial charge in [-0.15, -0.1) is 0 Å². The van der Waals surface area contributed by atoms with Crippen LogP contribution in [0.3, 0.4) is 0 Å². The summed E-state index contributed by atoms with van der Waals surface area (Å²) >= 11 is 3.42. The van der Waals surface area contributed by atoms with E-state index in [9.17, 15) is 14.7 Å². The smallest absolute Gasteiger partial charge is 0.307 e. The topological polar surface area (TPSA) is 66.4 Å². The molecule has 148 valence electrons. The SMILES string of the molecule is CC(C)c1ccc(NC(=O)[C@H]2CCC[C@H](c3ccc(Br)cc3)[C@H]2C(=O)O)cc1. The van der Waals surface area contributed by atoms with E-state index >= 15 is 0 Å². The van der Waals surface area contributed by atoms with E-state index in [1.54, 1.807) is 0 Å². The van der Waals surface area contributed by atoms with Gasteiger partial charge in [0.05, 0.1) is 11.8 Å². The molecule has 2 aromatic rings. The Morgan fingerprint density at radius 1 is 1.04 bits per heavy atom. The van der Waals surface area contributed by atoms with E-state index in [1.165, 1.54) is 5.56 Å². The van der Waals surface area contributed by atoms with E-state index in [-0.39, 0.29) is 11.8 Å². The van der Waals surface area contributed by atoms with Crippen LogP contribution in [-0.4, -0.2) is 17.0 Å². The molecule has 4 nitrogen and oxygen atoms in total. The minimum absolute atomic E-state index is 0.154. The fourth-order valence-electron chi connectivity index (χ4n) is 4.11. The number of benzene rings is 2. The van der Waals surface area contributed by atoms with Gasteiger partial charge in [0.15, 0.2) is 0 Å². The molecule has 2 N–H and O–H groups in total. The van der Waals surface area contributed by atoms with Crippen molar-refractivity contribution in [1.29, 1.82) is 0 Å². The van der Waals surface area contributed by atoms with Crippen molar-refractivity contribution in [3.63, 3.8) is 0 Å². The van der Waals surface area contributed by atoms with E-state index in [1.807, 2.05) is 48.5 Å². The standard InChI is InChI=1S/C23H26BrNO3/c1-14(2)15-8-12-18(13-9-15)25-22(26)20-5-3-4-19(21(20)23(27)28)16-6-10-17(24)11-7-16/h6-14,19-21H,3-5H2,1-2H3,(H,25,26)(H,27,28)/t19-,20+,21-/m1/s1. The number of aliphatic carboxylic acids is 1. The van der Waals surface area contributed by atoms with Gasteiger partial charge in [-0.25, -0.2) is 0 Å². The molecule has 0 spiro atoms. The van der Waals surface area contributed by atoms with Gasteiger partial charge in [-0.05, 0) is 60.1 Å². The lowest BCUT2D eigenvalue weighted by molar-refractivity contribution is -0.148. The summed E-state index contributed by atoms with van der Waals surface area (Å²) in [5, 5.41) is 12.9. The number of hydrogen-bond donors (Lipinski definition) is 2. The zero-order valence-corrected chi connectivity index (χ0v) is 17.8. The maximum absolute atomic E-state index is 13.0. The first-order valence-corrected chi connectivity index (χ1v) is 10.5. The minimum Gasteiger partial charge on any atom is -0.481 e. The number of rotatable bonds is 5. The third-order valence-corrected chi connectivity index (χ3v) is 6.19. The molecule has 1 aliphatic carbocycles. The summed E-state index contributed by atoms with van der Waals surface area (Å²) < 4.78 is 0.957. The van der Waals surface area contributed by atoms with E-state index in [0.29, 0.717) is 18.0 Å². The van der Waals surface area contributed by atoms with Gasteiger partial charge in [-0.1, -0.05) is 60.5 Å². The number of amides is 1. The van der Waals surface area contributed by atoms with Crippen LogP contribution in [0.15, 0.2) is 53.0 Å². The molecule has 0 unspecified atom stereocenters. The highest BCUT2D eigenvalue weighted by Gasteiger charge is 2.42. The van der Waals surface area contributed by atoms with Gasteiger partial charge in [0, 0.05) is 10.2 Å². The molecule has 5 heteroatoms. The lowest BCUT2D eigenvalue weighted by Gasteiger charge is -2.35. The van der Waals surface area contributed by atoms with Crippen molar-refractivity contribution >= 4 is 33.5 Å². The molecule has 0 radical (unpaired) electrons. The summed E-state index contributed by atoms with van der Waals surface area (Å²) in [6.45, 7) is 4.24. The zero-order valence-electron chi connectivity index (χ0n) is 16.2. The van der Waals surface area contributed by atoms with Crippen LogP contribution in [-0.2, 0) is 9.59 Å². The van der Waals surface area contributed by atoms with E-state index in [4.69, 9.17) is 0 Å². The maximum atomic E-state index is 13.0. The normalized spacial score (nSPS) is 22.1. The summed E-state index contributed by atoms with van der Waals surface area (Å²) in [5.41, 5.74) is 2.90. The average molecular weight is 444 g/mol. The Morgan fingerprint density at radius 2 is 1.68 bits per heavy atom. The molecular formula is C23H26BrNO3. The number of nitrogens with one attached hydrogen (secondary N) is 1. The van der Waals surface area contributed by atoms with Crippen molar-refractivity contribution in [2.75, 3.05) is 5.32 Å². The maximum Gasteiger partial charge on any atom is 0.307 e. The molecular weight excluding hydrogens is 418 g/mol. The summed E-state index contributed by atoms with van der Waals surface area (Å²) in [5.74, 6) is -2.09. The lowest BCUT2D eigenvalue weighted by atomic mass is 9.69. The first kappa shape index (κ1) is 20.6. The number of halogens is 1. The summed E-state index contributed by atoms with van der Waals surface area (Å²) in [7, 11) is 0. The molecule has 0 aliphatic heterocycles. The van der Waals surface area contributed by atoms with Gasteiger partial charge in [0.25, 0.3) is 0 Å². The molecule has 0 heterocycles. The quantitative estimate of drug-likeness (QED) is 0.613. The molecule has 0 bridgehead atoms. The number of carbonyl (C=O) groups excluding carboxylic acids is 1. The predicted octanol–water partition coefficient (Wildman–Crippen LogP) is 5.80. The number of carboxylic acids is 1. The first-order chi connectivity index (χ1) is 13.4. The van der Waals surface area contributed by atoms with Crippen LogP contribution in [0.25, 0.3) is 0 Å². The average Bonchev–Trinajstić information content (AvgIpc) is 2.68. The Labute approximate surface area is 174 Å². The Hall–Kier alpha value is -2.14. The van der Waals surface area contributed by atoms with Gasteiger partial charge in [0.1, 0.15) is 0 Å². The number of anilines is 1. The summed E-state index contributed by atoms with van der Waals surface area (Å²) in [4.78, 5) is 25.1. The van der Waals surface area contributed by atoms with Gasteiger partial charge in [-0.3, -0.25) is 9.59 Å². The number of carbonyl (C=O) groups is 2. The van der Waals surface area contributed by atoms with E-state index < -0.39 is 17.8 Å². The van der Waals surface area contributed by atoms with Gasteiger partial charge in [-0.2, -0.15) is 0 Å². The van der Waals surface area contributed by atoms with E-state index in [0.717, 1.165) is 22.9 Å². The third-order valence-electron chi connectivity index (χ3n) is 5.66. The van der Waals surface area contributed by atoms with Crippen molar-refractivity contribution in [2.24, 2.45) is 11.8 Å². The molecule has 0 saturated heterocycles. The molecule has 3 rings (SSSR count). The van der Waals surface area contributed by atoms with Crippen LogP contribution < -0.4 is 5.32 Å². The second-order valence-electron chi connectivity index (χ2n) is 7.83. The Kier molecular flexibility index (Phi) is 6.55. The van der Waals surface area contributed by atoms with Crippen molar-refractivity contribution in [3.05, 3.63) is 64.1 Å². The van der Waals surface area contributed by atoms with Crippen LogP contribution in [0.1, 0.15) is 56.1 Å². The van der Waals surface area contributed by atoms with Crippen LogP contribution >= 0.6 is 15.9 Å². The van der Waals surface area contributed by atoms with Crippen LogP contribution in [0.2, 0.25) is 0 Å². The van der Waals surface area contributed by atoms with Crippen LogP contribution in [0.5, 0.6) is 0 Å². The van der Waals surface area contributed by atoms with Crippen LogP contribution in [0, 0.1) is 11.8 Å². The van der Waals surface area contributed by atoms with Crippen molar-refractivity contribution in [2.45, 2.75) is 44.9 Å². The second kappa shape index (κ2) is 8.91. The zero-order chi connectivity index (χ0) is 20.3. The van der Waals surface area contributed by atoms with Crippen molar-refractivity contribution in [3.8, 4) is 0 Å². The molecule has 28 heavy (non-hydrogen) atoms. The van der Waals surface area contributed by atoms with Crippen molar-refractivity contribution in [1.82, 2.24) is 0 Å². The second-order valence-corrected chi connectivity index (χ2v) is 8.74. The lowest BCUT2D eigenvalue weighted by Crippen LogP contribution is -2.40. The Balaban J connectivity index is 1.79. The van der Waals surface area contributed by atoms with Crippen LogP contribution in [0.4, 0.5) is 5.69 Å². The third kappa shape index (κ3) is 4.64.